The third-order valence-electron chi connectivity index (χ3n) is 4.53. The Bertz CT molecular complexity index is 236. The molecule has 1 nitrogen and oxygen atoms in total. The Kier molecular flexibility index (Phi) is 5.70. The van der Waals surface area contributed by atoms with Crippen molar-refractivity contribution in [3.63, 3.8) is 0 Å². The summed E-state index contributed by atoms with van der Waals surface area (Å²) in [5.74, 6) is 0. The summed E-state index contributed by atoms with van der Waals surface area (Å²) in [7, 11) is 0.105. The van der Waals surface area contributed by atoms with Gasteiger partial charge in [0.25, 0.3) is 0 Å². The summed E-state index contributed by atoms with van der Waals surface area (Å²) >= 11 is 0. The van der Waals surface area contributed by atoms with Crippen molar-refractivity contribution in [3.8, 4) is 0 Å². The molecule has 0 radical (unpaired) electrons. The first kappa shape index (κ1) is 17.4. The minimum Gasteiger partial charge on any atom is -0.289 e. The lowest BCUT2D eigenvalue weighted by molar-refractivity contribution is -0.0339. The molecule has 0 fully saturated rings. The van der Waals surface area contributed by atoms with Crippen LogP contribution in [0.3, 0.4) is 0 Å². The van der Waals surface area contributed by atoms with Gasteiger partial charge in [-0.1, -0.05) is 35.6 Å². The summed E-state index contributed by atoms with van der Waals surface area (Å²) < 4.78 is 0. The summed E-state index contributed by atoms with van der Waals surface area (Å²) in [5.41, 5.74) is 0.799. The highest BCUT2D eigenvalue weighted by Gasteiger charge is 2.43. The molecule has 0 amide bonds. The van der Waals surface area contributed by atoms with Crippen LogP contribution < -0.4 is 0 Å². The fraction of sp³-hybridized carbons (Fsp3) is 1.00. The second kappa shape index (κ2) is 5.57. The monoisotopic (exact) mass is 259 g/mol. The molecule has 0 heterocycles. The predicted molar refractivity (Wildman–Crippen MR) is 83.4 cm³/mol. The minimum absolute atomic E-state index is 0.105. The topological polar surface area (TPSA) is 3.24 Å². The predicted octanol–water partition coefficient (Wildman–Crippen LogP) is 5.00. The van der Waals surface area contributed by atoms with Crippen molar-refractivity contribution in [2.24, 2.45) is 5.41 Å². The van der Waals surface area contributed by atoms with Gasteiger partial charge in [-0.05, 0) is 52.9 Å². The van der Waals surface area contributed by atoms with E-state index in [2.05, 4.69) is 73.6 Å². The lowest BCUT2D eigenvalue weighted by Crippen LogP contribution is -2.60. The molecular weight excluding hydrogens is 225 g/mol. The molecule has 0 atom stereocenters. The lowest BCUT2D eigenvalue weighted by atomic mass is 9.73. The van der Waals surface area contributed by atoms with E-state index < -0.39 is 0 Å². The van der Waals surface area contributed by atoms with Crippen molar-refractivity contribution in [2.75, 3.05) is 19.6 Å². The molecule has 0 bridgehead atoms. The summed E-state index contributed by atoms with van der Waals surface area (Å²) in [4.78, 5) is 2.74. The van der Waals surface area contributed by atoms with E-state index in [1.54, 1.807) is 0 Å². The van der Waals surface area contributed by atoms with Crippen molar-refractivity contribution in [3.05, 3.63) is 0 Å². The molecule has 0 aliphatic rings. The molecule has 0 saturated heterocycles. The maximum absolute atomic E-state index is 2.74. The largest absolute Gasteiger partial charge is 0.289 e. The van der Waals surface area contributed by atoms with Crippen LogP contribution in [0, 0.1) is 5.41 Å². The second-order valence-electron chi connectivity index (χ2n) is 7.62. The number of hydrogen-bond donors (Lipinski definition) is 0. The van der Waals surface area contributed by atoms with Crippen LogP contribution in [0.1, 0.15) is 61.8 Å². The molecule has 0 aromatic rings. The summed E-state index contributed by atoms with van der Waals surface area (Å²) in [6.45, 7) is 23.7. The van der Waals surface area contributed by atoms with E-state index in [1.165, 1.54) is 12.7 Å². The summed E-state index contributed by atoms with van der Waals surface area (Å²) in [6.07, 6.45) is 2.44. The van der Waals surface area contributed by atoms with E-state index in [-0.39, 0.29) is 19.0 Å². The first-order valence-electron chi connectivity index (χ1n) is 6.78. The Balaban J connectivity index is 5.33. The summed E-state index contributed by atoms with van der Waals surface area (Å²) in [5, 5.41) is 0. The van der Waals surface area contributed by atoms with Gasteiger partial charge < -0.3 is 0 Å². The zero-order valence-electron chi connectivity index (χ0n) is 13.8. The van der Waals surface area contributed by atoms with Crippen LogP contribution >= 0.6 is 7.92 Å². The van der Waals surface area contributed by atoms with Gasteiger partial charge in [0, 0.05) is 17.4 Å². The second-order valence-corrected chi connectivity index (χ2v) is 10.1. The molecule has 2 heteroatoms. The van der Waals surface area contributed by atoms with Gasteiger partial charge in [-0.15, -0.1) is 0 Å². The van der Waals surface area contributed by atoms with E-state index in [1.807, 2.05) is 0 Å². The molecule has 0 aromatic heterocycles. The van der Waals surface area contributed by atoms with Gasteiger partial charge in [0.1, 0.15) is 0 Å². The molecule has 0 aliphatic heterocycles. The van der Waals surface area contributed by atoms with Gasteiger partial charge in [0.15, 0.2) is 0 Å². The Morgan fingerprint density at radius 3 is 1.53 bits per heavy atom. The van der Waals surface area contributed by atoms with Crippen molar-refractivity contribution in [2.45, 2.75) is 72.9 Å². The number of hydrogen-bond acceptors (Lipinski definition) is 1. The fourth-order valence-corrected chi connectivity index (χ4v) is 3.31. The molecule has 0 spiro atoms. The molecule has 0 N–H and O–H groups in total. The first-order valence-corrected chi connectivity index (χ1v) is 9.21. The SMILES string of the molecule is CCC(C)(C)N(CP(C)C)C(C)(C)C(C)(C)C. The number of nitrogens with zero attached hydrogens (tertiary/aromatic N) is 1. The van der Waals surface area contributed by atoms with Crippen molar-refractivity contribution in [1.82, 2.24) is 4.90 Å². The third-order valence-corrected chi connectivity index (χ3v) is 5.38. The zero-order chi connectivity index (χ0) is 14.1. The normalized spacial score (nSPS) is 14.8. The maximum Gasteiger partial charge on any atom is 0.0210 e. The molecular formula is C15H34NP. The Morgan fingerprint density at radius 1 is 0.882 bits per heavy atom. The Morgan fingerprint density at radius 2 is 1.29 bits per heavy atom. The van der Waals surface area contributed by atoms with Gasteiger partial charge in [-0.25, -0.2) is 0 Å². The Hall–Kier alpha value is 0.390. The minimum atomic E-state index is 0.105. The van der Waals surface area contributed by atoms with Crippen LogP contribution in [0.15, 0.2) is 0 Å². The maximum atomic E-state index is 2.74. The quantitative estimate of drug-likeness (QED) is 0.628. The van der Waals surface area contributed by atoms with E-state index in [4.69, 9.17) is 0 Å². The van der Waals surface area contributed by atoms with Crippen molar-refractivity contribution >= 4 is 7.92 Å². The van der Waals surface area contributed by atoms with Crippen LogP contribution in [0.5, 0.6) is 0 Å². The third kappa shape index (κ3) is 4.21. The van der Waals surface area contributed by atoms with Crippen LogP contribution in [0.2, 0.25) is 0 Å². The van der Waals surface area contributed by atoms with Crippen LogP contribution in [-0.2, 0) is 0 Å². The molecule has 0 rings (SSSR count). The van der Waals surface area contributed by atoms with E-state index in [0.717, 1.165) is 0 Å². The van der Waals surface area contributed by atoms with E-state index in [9.17, 15) is 0 Å². The average Bonchev–Trinajstić information content (AvgIpc) is 2.11. The molecule has 0 unspecified atom stereocenters. The van der Waals surface area contributed by atoms with Crippen molar-refractivity contribution in [1.29, 1.82) is 0 Å². The smallest absolute Gasteiger partial charge is 0.0210 e. The standard InChI is InChI=1S/C15H34NP/c1-11-14(5,6)16(12-17(9)10)15(7,8)13(2,3)4/h11-12H2,1-10H3. The molecule has 0 saturated carbocycles. The van der Waals surface area contributed by atoms with Crippen LogP contribution in [-0.4, -0.2) is 35.6 Å². The van der Waals surface area contributed by atoms with Gasteiger partial charge in [0.2, 0.25) is 0 Å². The highest BCUT2D eigenvalue weighted by Crippen LogP contribution is 2.43. The van der Waals surface area contributed by atoms with Crippen molar-refractivity contribution < 1.29 is 0 Å². The lowest BCUT2D eigenvalue weighted by Gasteiger charge is -2.55. The van der Waals surface area contributed by atoms with E-state index >= 15 is 0 Å². The van der Waals surface area contributed by atoms with Crippen LogP contribution in [0.25, 0.3) is 0 Å². The molecule has 0 aromatic carbocycles. The Labute approximate surface area is 111 Å². The first-order chi connectivity index (χ1) is 7.36. The summed E-state index contributed by atoms with van der Waals surface area (Å²) in [6, 6.07) is 0. The molecule has 17 heavy (non-hydrogen) atoms. The zero-order valence-corrected chi connectivity index (χ0v) is 14.7. The average molecular weight is 259 g/mol. The number of rotatable bonds is 5. The van der Waals surface area contributed by atoms with Crippen LogP contribution in [0.4, 0.5) is 0 Å². The highest BCUT2D eigenvalue weighted by atomic mass is 31.1. The fourth-order valence-electron chi connectivity index (χ4n) is 2.00. The van der Waals surface area contributed by atoms with Gasteiger partial charge in [0.05, 0.1) is 0 Å². The van der Waals surface area contributed by atoms with Gasteiger partial charge in [-0.3, -0.25) is 4.90 Å². The van der Waals surface area contributed by atoms with Gasteiger partial charge in [-0.2, -0.15) is 0 Å². The molecule has 104 valence electrons. The molecule has 0 aliphatic carbocycles. The van der Waals surface area contributed by atoms with Gasteiger partial charge >= 0.3 is 0 Å². The van der Waals surface area contributed by atoms with E-state index in [0.29, 0.717) is 5.41 Å². The highest BCUT2D eigenvalue weighted by molar-refractivity contribution is 7.55.